The summed E-state index contributed by atoms with van der Waals surface area (Å²) in [6.45, 7) is 7.86. The summed E-state index contributed by atoms with van der Waals surface area (Å²) in [6.07, 6.45) is -4.79. The van der Waals surface area contributed by atoms with Gasteiger partial charge < -0.3 is 9.13 Å². The lowest BCUT2D eigenvalue weighted by Gasteiger charge is -2.21. The van der Waals surface area contributed by atoms with Crippen LogP contribution in [0, 0.1) is 17.9 Å². The van der Waals surface area contributed by atoms with Crippen molar-refractivity contribution in [1.29, 1.82) is 5.26 Å². The third-order valence-electron chi connectivity index (χ3n) is 14.1. The van der Waals surface area contributed by atoms with Crippen LogP contribution < -0.4 is 0 Å². The first-order valence-corrected chi connectivity index (χ1v) is 24.5. The molecule has 0 saturated carbocycles. The number of hydrogen-bond acceptors (Lipinski definition) is 4. The van der Waals surface area contributed by atoms with Crippen molar-refractivity contribution in [2.75, 3.05) is 0 Å². The molecule has 3 heterocycles. The van der Waals surface area contributed by atoms with Gasteiger partial charge in [-0.2, -0.15) is 18.4 Å². The van der Waals surface area contributed by atoms with Crippen molar-refractivity contribution in [2.24, 2.45) is 0 Å². The topological polar surface area (TPSA) is 76.7 Å². The van der Waals surface area contributed by atoms with Crippen molar-refractivity contribution in [3.05, 3.63) is 253 Å². The Hall–Kier alpha value is -10.4. The molecule has 0 atom stereocenters. The molecular weight excluding hydrogens is 948 g/mol. The lowest BCUT2D eigenvalue weighted by atomic mass is 9.94. The van der Waals surface area contributed by atoms with Gasteiger partial charge in [-0.25, -0.2) is 19.8 Å². The average molecular weight is 986 g/mol. The quantitative estimate of drug-likeness (QED) is 0.142. The van der Waals surface area contributed by atoms with Gasteiger partial charge in [-0.3, -0.25) is 0 Å². The monoisotopic (exact) mass is 985 g/mol. The molecule has 358 valence electrons. The van der Waals surface area contributed by atoms with E-state index in [9.17, 15) is 5.26 Å². The molecule has 13 rings (SSSR count). The Labute approximate surface area is 434 Å². The van der Waals surface area contributed by atoms with E-state index in [0.29, 0.717) is 39.8 Å². The largest absolute Gasteiger partial charge is 0.417 e. The molecule has 0 spiro atoms. The minimum Gasteiger partial charge on any atom is -0.309 e. The van der Waals surface area contributed by atoms with Gasteiger partial charge in [0.1, 0.15) is 0 Å². The molecule has 7 nitrogen and oxygen atoms in total. The van der Waals surface area contributed by atoms with Crippen LogP contribution in [-0.2, 0) is 6.18 Å². The van der Waals surface area contributed by atoms with E-state index in [2.05, 4.69) is 23.0 Å². The van der Waals surface area contributed by atoms with Gasteiger partial charge in [-0.15, -0.1) is 0 Å². The molecule has 0 N–H and O–H groups in total. The number of para-hydroxylation sites is 3. The highest BCUT2D eigenvalue weighted by atomic mass is 19.4. The van der Waals surface area contributed by atoms with Gasteiger partial charge in [0.15, 0.2) is 23.2 Å². The second kappa shape index (κ2) is 18.3. The summed E-state index contributed by atoms with van der Waals surface area (Å²) in [5.74, 6) is 1.11. The predicted molar refractivity (Wildman–Crippen MR) is 297 cm³/mol. The molecule has 76 heavy (non-hydrogen) atoms. The second-order valence-corrected chi connectivity index (χ2v) is 18.5. The van der Waals surface area contributed by atoms with Crippen molar-refractivity contribution >= 4 is 49.3 Å². The zero-order valence-electron chi connectivity index (χ0n) is 40.2. The molecule has 0 aliphatic carbocycles. The molecular formula is C66H38F3N7. The van der Waals surface area contributed by atoms with E-state index in [0.717, 1.165) is 77.0 Å². The molecule has 0 fully saturated rings. The lowest BCUT2D eigenvalue weighted by Crippen LogP contribution is -2.10. The van der Waals surface area contributed by atoms with E-state index in [1.165, 1.54) is 12.1 Å². The summed E-state index contributed by atoms with van der Waals surface area (Å²) < 4.78 is 52.2. The summed E-state index contributed by atoms with van der Waals surface area (Å²) in [5, 5.41) is 13.6. The fourth-order valence-electron chi connectivity index (χ4n) is 10.6. The number of aromatic nitrogens is 5. The normalized spacial score (nSPS) is 11.6. The summed E-state index contributed by atoms with van der Waals surface area (Å²) >= 11 is 0. The van der Waals surface area contributed by atoms with Crippen molar-refractivity contribution in [3.8, 4) is 85.0 Å². The summed E-state index contributed by atoms with van der Waals surface area (Å²) in [5.41, 5.74) is 9.83. The van der Waals surface area contributed by atoms with Gasteiger partial charge in [0.05, 0.1) is 51.5 Å². The van der Waals surface area contributed by atoms with E-state index in [1.807, 2.05) is 191 Å². The fourth-order valence-corrected chi connectivity index (χ4v) is 10.6. The standard InChI is InChI=1S/C66H38F3N7/c1-71-57-25-13-10-22-49(57)44-29-33-60-53(37-44)50-23-11-14-26-58(50)75(60)47-31-32-56(66(67,68)69)52(39-47)55-38-45(65-73-63(41-16-4-2-5-17-41)72-64(74-65)42-18-6-3-7-19-42)30-35-62(55)76-59-27-15-12-24-51(59)54-36-43(28-34-61(54)76)48-21-9-8-20-46(48)40-70/h2-39H. The average Bonchev–Trinajstić information content (AvgIpc) is 4.09. The highest BCUT2D eigenvalue weighted by molar-refractivity contribution is 6.12. The van der Waals surface area contributed by atoms with Crippen LogP contribution in [0.15, 0.2) is 231 Å². The first kappa shape index (κ1) is 45.4. The van der Waals surface area contributed by atoms with E-state index >= 15 is 13.2 Å². The van der Waals surface area contributed by atoms with E-state index < -0.39 is 11.7 Å². The summed E-state index contributed by atoms with van der Waals surface area (Å²) in [7, 11) is 0. The van der Waals surface area contributed by atoms with Crippen LogP contribution in [0.3, 0.4) is 0 Å². The second-order valence-electron chi connectivity index (χ2n) is 18.5. The number of nitriles is 1. The van der Waals surface area contributed by atoms with Crippen LogP contribution in [0.1, 0.15) is 11.1 Å². The number of rotatable bonds is 8. The molecule has 10 heteroatoms. The van der Waals surface area contributed by atoms with Gasteiger partial charge >= 0.3 is 6.18 Å². The first-order valence-electron chi connectivity index (χ1n) is 24.5. The SMILES string of the molecule is [C-]#[N+]c1ccccc1-c1ccc2c(c1)c1ccccc1n2-c1ccc(C(F)(F)F)c(-c2cc(-c3nc(-c4ccccc4)nc(-c4ccccc4)n3)ccc2-n2c3ccccc3c3cc(-c4ccccc4C#N)ccc32)c1. The maximum absolute atomic E-state index is 16.0. The predicted octanol–water partition coefficient (Wildman–Crippen LogP) is 17.5. The minimum atomic E-state index is -4.79. The highest BCUT2D eigenvalue weighted by Crippen LogP contribution is 2.46. The van der Waals surface area contributed by atoms with Crippen molar-refractivity contribution < 1.29 is 13.2 Å². The Morgan fingerprint density at radius 2 is 0.908 bits per heavy atom. The van der Waals surface area contributed by atoms with Crippen LogP contribution in [0.25, 0.3) is 127 Å². The molecule has 0 unspecified atom stereocenters. The fraction of sp³-hybridized carbons (Fsp3) is 0.0152. The number of alkyl halides is 3. The van der Waals surface area contributed by atoms with Crippen LogP contribution in [0.4, 0.5) is 18.9 Å². The molecule has 0 saturated heterocycles. The Balaban J connectivity index is 1.10. The number of hydrogen-bond donors (Lipinski definition) is 0. The van der Waals surface area contributed by atoms with Gasteiger partial charge in [-0.05, 0) is 107 Å². The number of halogens is 3. The number of nitrogens with zero attached hydrogens (tertiary/aromatic N) is 7. The molecule has 0 aliphatic rings. The third kappa shape index (κ3) is 7.72. The van der Waals surface area contributed by atoms with Gasteiger partial charge in [-0.1, -0.05) is 152 Å². The Bertz CT molecular complexity index is 4480. The first-order chi connectivity index (χ1) is 37.2. The van der Waals surface area contributed by atoms with Crippen LogP contribution in [0.2, 0.25) is 0 Å². The Morgan fingerprint density at radius 3 is 1.53 bits per heavy atom. The smallest absolute Gasteiger partial charge is 0.309 e. The highest BCUT2D eigenvalue weighted by Gasteiger charge is 2.35. The molecule has 10 aromatic carbocycles. The molecule has 13 aromatic rings. The third-order valence-corrected chi connectivity index (χ3v) is 14.1. The molecule has 3 aromatic heterocycles. The molecule has 0 radical (unpaired) electrons. The Morgan fingerprint density at radius 1 is 0.408 bits per heavy atom. The molecule has 0 bridgehead atoms. The lowest BCUT2D eigenvalue weighted by molar-refractivity contribution is -0.137. The van der Waals surface area contributed by atoms with Crippen LogP contribution in [0.5, 0.6) is 0 Å². The van der Waals surface area contributed by atoms with Gasteiger partial charge in [0, 0.05) is 49.5 Å². The maximum atomic E-state index is 16.0. The summed E-state index contributed by atoms with van der Waals surface area (Å²) in [4.78, 5) is 18.7. The maximum Gasteiger partial charge on any atom is 0.417 e. The minimum absolute atomic E-state index is 0.0542. The zero-order chi connectivity index (χ0) is 51.5. The molecule has 0 amide bonds. The van der Waals surface area contributed by atoms with Gasteiger partial charge in [0.25, 0.3) is 0 Å². The number of fused-ring (bicyclic) bond motifs is 6. The Kier molecular flexibility index (Phi) is 10.9. The van der Waals surface area contributed by atoms with E-state index in [1.54, 1.807) is 24.3 Å². The van der Waals surface area contributed by atoms with Gasteiger partial charge in [0.2, 0.25) is 0 Å². The van der Waals surface area contributed by atoms with E-state index in [4.69, 9.17) is 21.5 Å². The van der Waals surface area contributed by atoms with E-state index in [-0.39, 0.29) is 17.0 Å². The van der Waals surface area contributed by atoms with Crippen LogP contribution in [-0.4, -0.2) is 24.1 Å². The molecule has 0 aliphatic heterocycles. The van der Waals surface area contributed by atoms with Crippen molar-refractivity contribution in [2.45, 2.75) is 6.18 Å². The van der Waals surface area contributed by atoms with Crippen molar-refractivity contribution in [1.82, 2.24) is 24.1 Å². The van der Waals surface area contributed by atoms with Crippen LogP contribution >= 0.6 is 0 Å². The summed E-state index contributed by atoms with van der Waals surface area (Å²) in [6, 6.07) is 73.9. The van der Waals surface area contributed by atoms with Crippen molar-refractivity contribution in [3.63, 3.8) is 0 Å². The zero-order valence-corrected chi connectivity index (χ0v) is 40.2. The number of benzene rings is 10.